The molecule has 0 aliphatic carbocycles. The largest absolute Gasteiger partial charge is 0.472 e. The van der Waals surface area contributed by atoms with Crippen molar-refractivity contribution in [3.63, 3.8) is 0 Å². The summed E-state index contributed by atoms with van der Waals surface area (Å²) in [5.41, 5.74) is 0. The van der Waals surface area contributed by atoms with Crippen molar-refractivity contribution >= 4 is 39.5 Å². The number of ether oxygens (including phenoxy) is 4. The van der Waals surface area contributed by atoms with Crippen molar-refractivity contribution in [1.29, 1.82) is 0 Å². The molecule has 0 heterocycles. The molecule has 0 amide bonds. The Kier molecular flexibility index (Phi) is 59.4. The maximum Gasteiger partial charge on any atom is 0.472 e. The van der Waals surface area contributed by atoms with E-state index in [9.17, 15) is 43.2 Å². The molecule has 0 aromatic heterocycles. The molecule has 6 atom stereocenters. The molecule has 0 fully saturated rings. The molecule has 0 radical (unpaired) electrons. The average Bonchev–Trinajstić information content (AvgIpc) is 3.55. The van der Waals surface area contributed by atoms with Crippen LogP contribution in [-0.4, -0.2) is 96.7 Å². The van der Waals surface area contributed by atoms with Gasteiger partial charge in [0.05, 0.1) is 26.4 Å². The lowest BCUT2D eigenvalue weighted by Gasteiger charge is -2.21. The van der Waals surface area contributed by atoms with Crippen molar-refractivity contribution in [2.24, 2.45) is 23.7 Å². The summed E-state index contributed by atoms with van der Waals surface area (Å²) in [7, 11) is -9.90. The summed E-state index contributed by atoms with van der Waals surface area (Å²) >= 11 is 0. The lowest BCUT2D eigenvalue weighted by Crippen LogP contribution is -2.30. The fourth-order valence-corrected chi connectivity index (χ4v) is 12.2. The number of unbranched alkanes of at least 4 members (excludes halogenated alkanes) is 33. The molecule has 3 N–H and O–H groups in total. The molecule has 0 aromatic rings. The van der Waals surface area contributed by atoms with Gasteiger partial charge in [0, 0.05) is 25.7 Å². The summed E-state index contributed by atoms with van der Waals surface area (Å²) < 4.78 is 68.3. The molecule has 0 aromatic carbocycles. The van der Waals surface area contributed by atoms with Gasteiger partial charge in [0.25, 0.3) is 0 Å². The maximum absolute atomic E-state index is 13.0. The molecule has 0 saturated carbocycles. The number of carbonyl (C=O) groups excluding carboxylic acids is 4. The fraction of sp³-hybridized carbons (Fsp3) is 0.944. The number of rotatable bonds is 68. The number of phosphoric ester groups is 2. The smallest absolute Gasteiger partial charge is 0.462 e. The second-order valence-electron chi connectivity index (χ2n) is 27.3. The average molecular weight is 1330 g/mol. The maximum atomic E-state index is 13.0. The Labute approximate surface area is 549 Å². The minimum absolute atomic E-state index is 0.104. The molecule has 0 rings (SSSR count). The first-order valence-electron chi connectivity index (χ1n) is 36.7. The highest BCUT2D eigenvalue weighted by atomic mass is 31.2. The van der Waals surface area contributed by atoms with E-state index in [0.717, 1.165) is 120 Å². The van der Waals surface area contributed by atoms with Crippen LogP contribution in [0.15, 0.2) is 0 Å². The topological polar surface area (TPSA) is 237 Å². The number of aliphatic hydroxyl groups excluding tert-OH is 1. The van der Waals surface area contributed by atoms with Crippen LogP contribution >= 0.6 is 15.6 Å². The van der Waals surface area contributed by atoms with Gasteiger partial charge in [-0.1, -0.05) is 299 Å². The van der Waals surface area contributed by atoms with Crippen molar-refractivity contribution in [3.8, 4) is 0 Å². The van der Waals surface area contributed by atoms with Gasteiger partial charge >= 0.3 is 39.5 Å². The van der Waals surface area contributed by atoms with Gasteiger partial charge in [-0.15, -0.1) is 0 Å². The van der Waals surface area contributed by atoms with Crippen LogP contribution in [0, 0.1) is 23.7 Å². The Balaban J connectivity index is 5.21. The quantitative estimate of drug-likeness (QED) is 0.0222. The van der Waals surface area contributed by atoms with Crippen LogP contribution in [-0.2, 0) is 65.4 Å². The highest BCUT2D eigenvalue weighted by molar-refractivity contribution is 7.47. The standard InChI is InChI=1S/C71H138O17P2/c1-9-64(8)50-42-34-28-30-36-44-52-69(74)82-58-67(88-71(76)54-46-38-26-22-18-17-20-24-32-40-48-62(4)5)60-86-90(79,80)84-56-65(72)55-83-89(77,78)85-59-66(57-81-68(73)51-43-35-29-27-33-41-49-63(6)7)87-70(75)53-45-37-25-21-16-14-12-10-11-13-15-19-23-31-39-47-61(2)3/h61-67,72H,9-60H2,1-8H3,(H,77,78)(H,79,80)/t64?,65?,66-,67-/m1/s1. The molecule has 0 aliphatic heterocycles. The number of esters is 4. The predicted molar refractivity (Wildman–Crippen MR) is 363 cm³/mol. The number of aliphatic hydroxyl groups is 1. The van der Waals surface area contributed by atoms with Crippen LogP contribution in [0.3, 0.4) is 0 Å². The summed E-state index contributed by atoms with van der Waals surface area (Å²) in [6, 6.07) is 0. The molecular weight excluding hydrogens is 1190 g/mol. The van der Waals surface area contributed by atoms with E-state index in [2.05, 4.69) is 55.4 Å². The van der Waals surface area contributed by atoms with Crippen molar-refractivity contribution in [3.05, 3.63) is 0 Å². The normalized spacial score (nSPS) is 14.6. The summed E-state index contributed by atoms with van der Waals surface area (Å²) in [5.74, 6) is 0.834. The zero-order valence-corrected chi connectivity index (χ0v) is 60.6. The summed E-state index contributed by atoms with van der Waals surface area (Å²) in [6.45, 7) is 14.1. The van der Waals surface area contributed by atoms with E-state index in [4.69, 9.17) is 37.0 Å². The molecule has 90 heavy (non-hydrogen) atoms. The Hall–Kier alpha value is -1.94. The van der Waals surface area contributed by atoms with Crippen molar-refractivity contribution in [1.82, 2.24) is 0 Å². The number of phosphoric acid groups is 2. The van der Waals surface area contributed by atoms with Crippen LogP contribution in [0.2, 0.25) is 0 Å². The van der Waals surface area contributed by atoms with E-state index in [1.807, 2.05) is 0 Å². The first-order valence-corrected chi connectivity index (χ1v) is 39.7. The van der Waals surface area contributed by atoms with Gasteiger partial charge < -0.3 is 33.8 Å². The van der Waals surface area contributed by atoms with Gasteiger partial charge in [-0.3, -0.25) is 37.3 Å². The molecule has 0 aliphatic rings. The second-order valence-corrected chi connectivity index (χ2v) is 30.2. The molecule has 534 valence electrons. The van der Waals surface area contributed by atoms with Crippen LogP contribution in [0.5, 0.6) is 0 Å². The van der Waals surface area contributed by atoms with Gasteiger partial charge in [-0.2, -0.15) is 0 Å². The monoisotopic (exact) mass is 1320 g/mol. The van der Waals surface area contributed by atoms with E-state index >= 15 is 0 Å². The molecule has 17 nitrogen and oxygen atoms in total. The van der Waals surface area contributed by atoms with E-state index < -0.39 is 97.5 Å². The zero-order chi connectivity index (χ0) is 66.8. The lowest BCUT2D eigenvalue weighted by molar-refractivity contribution is -0.161. The Morgan fingerprint density at radius 3 is 0.789 bits per heavy atom. The van der Waals surface area contributed by atoms with Crippen LogP contribution in [0.25, 0.3) is 0 Å². The molecule has 0 bridgehead atoms. The Morgan fingerprint density at radius 1 is 0.311 bits per heavy atom. The SMILES string of the molecule is CCC(C)CCCCCCCCC(=O)OC[C@H](COP(=O)(O)OCC(O)COP(=O)(O)OC[C@@H](COC(=O)CCCCCCCCC(C)C)OC(=O)CCCCCCCCCCCCCCCCCC(C)C)OC(=O)CCCCCCCCCCCCC(C)C. The molecule has 0 saturated heterocycles. The first-order chi connectivity index (χ1) is 43.1. The third-order valence-electron chi connectivity index (χ3n) is 16.7. The summed E-state index contributed by atoms with van der Waals surface area (Å²) in [5, 5.41) is 10.6. The molecule has 0 spiro atoms. The third-order valence-corrected chi connectivity index (χ3v) is 18.6. The molecule has 4 unspecified atom stereocenters. The Morgan fingerprint density at radius 2 is 0.533 bits per heavy atom. The van der Waals surface area contributed by atoms with Crippen molar-refractivity contribution in [2.75, 3.05) is 39.6 Å². The summed E-state index contributed by atoms with van der Waals surface area (Å²) in [6.07, 6.45) is 43.3. The van der Waals surface area contributed by atoms with Gasteiger partial charge in [-0.05, 0) is 49.4 Å². The highest BCUT2D eigenvalue weighted by Gasteiger charge is 2.30. The van der Waals surface area contributed by atoms with Gasteiger partial charge in [0.15, 0.2) is 12.2 Å². The van der Waals surface area contributed by atoms with Crippen LogP contribution in [0.1, 0.15) is 351 Å². The predicted octanol–water partition coefficient (Wildman–Crippen LogP) is 20.1. The van der Waals surface area contributed by atoms with Crippen molar-refractivity contribution < 1.29 is 80.2 Å². The fourth-order valence-electron chi connectivity index (χ4n) is 10.6. The van der Waals surface area contributed by atoms with E-state index in [1.54, 1.807) is 0 Å². The van der Waals surface area contributed by atoms with Crippen molar-refractivity contribution in [2.45, 2.75) is 369 Å². The molecular formula is C71H138O17P2. The summed E-state index contributed by atoms with van der Waals surface area (Å²) in [4.78, 5) is 72.5. The van der Waals surface area contributed by atoms with Crippen LogP contribution < -0.4 is 0 Å². The Bertz CT molecular complexity index is 1780. The van der Waals surface area contributed by atoms with Gasteiger partial charge in [-0.25, -0.2) is 9.13 Å². The van der Waals surface area contributed by atoms with E-state index in [-0.39, 0.29) is 25.7 Å². The number of carbonyl (C=O) groups is 4. The van der Waals surface area contributed by atoms with Gasteiger partial charge in [0.2, 0.25) is 0 Å². The minimum Gasteiger partial charge on any atom is -0.462 e. The van der Waals surface area contributed by atoms with Crippen LogP contribution in [0.4, 0.5) is 0 Å². The number of hydrogen-bond acceptors (Lipinski definition) is 15. The minimum atomic E-state index is -4.95. The third kappa shape index (κ3) is 63.5. The zero-order valence-electron chi connectivity index (χ0n) is 58.8. The van der Waals surface area contributed by atoms with E-state index in [0.29, 0.717) is 31.6 Å². The highest BCUT2D eigenvalue weighted by Crippen LogP contribution is 2.45. The van der Waals surface area contributed by atoms with E-state index in [1.165, 1.54) is 141 Å². The molecule has 19 heteroatoms. The first kappa shape index (κ1) is 88.1. The number of hydrogen-bond donors (Lipinski definition) is 3. The second kappa shape index (κ2) is 60.7. The van der Waals surface area contributed by atoms with Gasteiger partial charge in [0.1, 0.15) is 19.3 Å². The lowest BCUT2D eigenvalue weighted by atomic mass is 10.00.